The molecule has 3 rings (SSSR count). The molecule has 11 heteroatoms. The number of nitrogens with zero attached hydrogens (tertiary/aromatic N) is 3. The Bertz CT molecular complexity index is 887. The van der Waals surface area contributed by atoms with Crippen LogP contribution in [-0.4, -0.2) is 71.1 Å². The van der Waals surface area contributed by atoms with E-state index in [2.05, 4.69) is 25.5 Å². The molecule has 3 heterocycles. The highest BCUT2D eigenvalue weighted by atomic mass is 16.7. The largest absolute Gasteiger partial charge is 0.498 e. The van der Waals surface area contributed by atoms with Gasteiger partial charge in [-0.25, -0.2) is 14.8 Å². The van der Waals surface area contributed by atoms with Crippen molar-refractivity contribution in [1.82, 2.24) is 20.6 Å². The summed E-state index contributed by atoms with van der Waals surface area (Å²) in [6.07, 6.45) is 5.90. The van der Waals surface area contributed by atoms with Gasteiger partial charge in [0.25, 0.3) is 0 Å². The van der Waals surface area contributed by atoms with Crippen molar-refractivity contribution in [2.24, 2.45) is 0 Å². The number of nitrogens with one attached hydrogen (secondary N) is 2. The maximum Gasteiger partial charge on any atom is 0.498 e. The average Bonchev–Trinajstić information content (AvgIpc) is 2.98. The number of aromatic nitrogens is 2. The van der Waals surface area contributed by atoms with E-state index in [1.165, 1.54) is 0 Å². The van der Waals surface area contributed by atoms with Gasteiger partial charge in [-0.2, -0.15) is 0 Å². The number of alkyl carbamates (subject to hydrolysis) is 1. The summed E-state index contributed by atoms with van der Waals surface area (Å²) in [6.45, 7) is 16.3. The van der Waals surface area contributed by atoms with Crippen molar-refractivity contribution in [2.45, 2.75) is 104 Å². The number of anilines is 1. The van der Waals surface area contributed by atoms with Crippen LogP contribution < -0.4 is 21.0 Å². The quantitative estimate of drug-likeness (QED) is 0.585. The second-order valence-corrected chi connectivity index (χ2v) is 11.4. The van der Waals surface area contributed by atoms with Crippen LogP contribution in [0.1, 0.15) is 74.7 Å². The van der Waals surface area contributed by atoms with Crippen molar-refractivity contribution >= 4 is 30.5 Å². The molecule has 10 nitrogen and oxygen atoms in total. The molecule has 35 heavy (non-hydrogen) atoms. The third-order valence-electron chi connectivity index (χ3n) is 6.71. The van der Waals surface area contributed by atoms with Crippen LogP contribution in [0.15, 0.2) is 12.4 Å². The minimum Gasteiger partial charge on any atom is -0.444 e. The lowest BCUT2D eigenvalue weighted by atomic mass is 9.81. The molecule has 2 aliphatic heterocycles. The van der Waals surface area contributed by atoms with Crippen molar-refractivity contribution in [3.8, 4) is 0 Å². The summed E-state index contributed by atoms with van der Waals surface area (Å²) in [5.41, 5.74) is -0.707. The van der Waals surface area contributed by atoms with E-state index in [0.29, 0.717) is 12.5 Å². The van der Waals surface area contributed by atoms with Crippen LogP contribution in [0.3, 0.4) is 0 Å². The Balaban J connectivity index is 1.58. The normalized spacial score (nSPS) is 22.5. The second-order valence-electron chi connectivity index (χ2n) is 11.4. The van der Waals surface area contributed by atoms with Gasteiger partial charge in [-0.15, -0.1) is 0 Å². The van der Waals surface area contributed by atoms with Crippen LogP contribution in [0, 0.1) is 0 Å². The van der Waals surface area contributed by atoms with Crippen LogP contribution in [0.2, 0.25) is 0 Å². The molecule has 2 fully saturated rings. The van der Waals surface area contributed by atoms with E-state index in [1.807, 2.05) is 27.7 Å². The molecule has 2 saturated heterocycles. The van der Waals surface area contributed by atoms with E-state index in [-0.39, 0.29) is 11.9 Å². The first-order valence-electron chi connectivity index (χ1n) is 12.4. The van der Waals surface area contributed by atoms with Crippen LogP contribution in [-0.2, 0) is 18.8 Å². The second kappa shape index (κ2) is 10.3. The van der Waals surface area contributed by atoms with Crippen LogP contribution >= 0.6 is 0 Å². The SMILES string of the molecule is CC(NC(=O)OC(C)(C)C)C(=O)NCC1CCCCN1c1ncc(B2OC(C)(C)C(C)(C)O2)cn1. The highest BCUT2D eigenvalue weighted by Crippen LogP contribution is 2.36. The highest BCUT2D eigenvalue weighted by Gasteiger charge is 2.52. The fourth-order valence-corrected chi connectivity index (χ4v) is 3.98. The van der Waals surface area contributed by atoms with Gasteiger partial charge >= 0.3 is 13.2 Å². The molecule has 2 amide bonds. The first kappa shape index (κ1) is 27.2. The lowest BCUT2D eigenvalue weighted by Crippen LogP contribution is -2.52. The maximum atomic E-state index is 12.6. The number of piperidine rings is 1. The van der Waals surface area contributed by atoms with Crippen molar-refractivity contribution in [3.05, 3.63) is 12.4 Å². The fraction of sp³-hybridized carbons (Fsp3) is 0.750. The third kappa shape index (κ3) is 6.85. The Hall–Kier alpha value is -2.40. The fourth-order valence-electron chi connectivity index (χ4n) is 3.98. The molecule has 2 unspecified atom stereocenters. The minimum atomic E-state index is -0.711. The van der Waals surface area contributed by atoms with Gasteiger partial charge in [-0.1, -0.05) is 0 Å². The molecule has 0 bridgehead atoms. The summed E-state index contributed by atoms with van der Waals surface area (Å²) in [6, 6.07) is -0.651. The molecule has 2 atom stereocenters. The van der Waals surface area contributed by atoms with E-state index in [1.54, 1.807) is 40.1 Å². The zero-order valence-electron chi connectivity index (χ0n) is 22.3. The number of carbonyl (C=O) groups is 2. The monoisotopic (exact) mass is 489 g/mol. The van der Waals surface area contributed by atoms with Crippen molar-refractivity contribution in [3.63, 3.8) is 0 Å². The first-order chi connectivity index (χ1) is 16.2. The molecule has 2 aliphatic rings. The van der Waals surface area contributed by atoms with Crippen molar-refractivity contribution in [2.75, 3.05) is 18.0 Å². The Morgan fingerprint density at radius 3 is 2.34 bits per heavy atom. The minimum absolute atomic E-state index is 0.0594. The van der Waals surface area contributed by atoms with E-state index in [0.717, 1.165) is 31.3 Å². The van der Waals surface area contributed by atoms with E-state index < -0.39 is 36.1 Å². The molecule has 0 aromatic carbocycles. The molecule has 0 saturated carbocycles. The number of hydrogen-bond acceptors (Lipinski definition) is 8. The van der Waals surface area contributed by atoms with Gasteiger partial charge in [0.15, 0.2) is 0 Å². The summed E-state index contributed by atoms with van der Waals surface area (Å²) in [5.74, 6) is 0.350. The molecular formula is C24H40BN5O5. The zero-order chi connectivity index (χ0) is 26.0. The molecule has 2 N–H and O–H groups in total. The number of ether oxygens (including phenoxy) is 1. The highest BCUT2D eigenvalue weighted by molar-refractivity contribution is 6.61. The van der Waals surface area contributed by atoms with E-state index >= 15 is 0 Å². The number of carbonyl (C=O) groups excluding carboxylic acids is 2. The zero-order valence-corrected chi connectivity index (χ0v) is 22.3. The predicted octanol–water partition coefficient (Wildman–Crippen LogP) is 2.16. The Kier molecular flexibility index (Phi) is 8.01. The summed E-state index contributed by atoms with van der Waals surface area (Å²) in [7, 11) is -0.510. The van der Waals surface area contributed by atoms with E-state index in [4.69, 9.17) is 14.0 Å². The topological polar surface area (TPSA) is 115 Å². The molecule has 1 aromatic rings. The number of rotatable bonds is 6. The Morgan fingerprint density at radius 2 is 1.77 bits per heavy atom. The Labute approximate surface area is 209 Å². The summed E-state index contributed by atoms with van der Waals surface area (Å²) < 4.78 is 17.4. The van der Waals surface area contributed by atoms with Gasteiger partial charge in [0.05, 0.1) is 11.2 Å². The lowest BCUT2D eigenvalue weighted by molar-refractivity contribution is -0.122. The predicted molar refractivity (Wildman–Crippen MR) is 135 cm³/mol. The van der Waals surface area contributed by atoms with Gasteiger partial charge in [0.1, 0.15) is 11.6 Å². The summed E-state index contributed by atoms with van der Waals surface area (Å²) in [4.78, 5) is 35.8. The smallest absolute Gasteiger partial charge is 0.444 e. The van der Waals surface area contributed by atoms with E-state index in [9.17, 15) is 9.59 Å². The first-order valence-corrected chi connectivity index (χ1v) is 12.4. The molecule has 194 valence electrons. The summed E-state index contributed by atoms with van der Waals surface area (Å²) >= 11 is 0. The van der Waals surface area contributed by atoms with Gasteiger partial charge in [0, 0.05) is 37.0 Å². The van der Waals surface area contributed by atoms with Crippen molar-refractivity contribution in [1.29, 1.82) is 0 Å². The molecule has 0 aliphatic carbocycles. The summed E-state index contributed by atoms with van der Waals surface area (Å²) in [5, 5.41) is 5.52. The molecule has 1 aromatic heterocycles. The van der Waals surface area contributed by atoms with Crippen LogP contribution in [0.25, 0.3) is 0 Å². The third-order valence-corrected chi connectivity index (χ3v) is 6.71. The van der Waals surface area contributed by atoms with Crippen molar-refractivity contribution < 1.29 is 23.6 Å². The van der Waals surface area contributed by atoms with Crippen LogP contribution in [0.4, 0.5) is 10.7 Å². The van der Waals surface area contributed by atoms with Crippen LogP contribution in [0.5, 0.6) is 0 Å². The van der Waals surface area contributed by atoms with Gasteiger partial charge in [-0.05, 0) is 74.7 Å². The van der Waals surface area contributed by atoms with Gasteiger partial charge < -0.3 is 29.6 Å². The molecule has 0 spiro atoms. The standard InChI is InChI=1S/C24H40BN5O5/c1-16(29-21(32)33-22(2,3)4)19(31)26-15-18-11-9-10-12-30(18)20-27-13-17(14-28-20)25-34-23(5,6)24(7,8)35-25/h13-14,16,18H,9-12,15H2,1-8H3,(H,26,31)(H,29,32). The number of hydrogen-bond donors (Lipinski definition) is 2. The lowest BCUT2D eigenvalue weighted by Gasteiger charge is -2.36. The van der Waals surface area contributed by atoms with Gasteiger partial charge in [0.2, 0.25) is 11.9 Å². The number of amides is 2. The molecule has 0 radical (unpaired) electrons. The maximum absolute atomic E-state index is 12.6. The molecular weight excluding hydrogens is 449 g/mol. The van der Waals surface area contributed by atoms with Gasteiger partial charge in [-0.3, -0.25) is 4.79 Å². The average molecular weight is 489 g/mol. The Morgan fingerprint density at radius 1 is 1.17 bits per heavy atom.